The van der Waals surface area contributed by atoms with Crippen molar-refractivity contribution in [3.63, 3.8) is 0 Å². The zero-order valence-corrected chi connectivity index (χ0v) is 18.1. The molecule has 0 radical (unpaired) electrons. The van der Waals surface area contributed by atoms with Gasteiger partial charge in [0.05, 0.1) is 17.8 Å². The number of hydrogen-bond acceptors (Lipinski definition) is 7. The lowest BCUT2D eigenvalue weighted by Crippen LogP contribution is -2.14. The summed E-state index contributed by atoms with van der Waals surface area (Å²) < 4.78 is 33.5. The smallest absolute Gasteiger partial charge is 0.261 e. The standard InChI is InChI=1S/C18H19NO4S4/c1-3-25-18(24)26-12-17(20)13-5-4-6-16(11-13)27(21,22)19-14-7-9-15(23-2)10-8-14/h4-11,19H,3,12H2,1-2H3. The highest BCUT2D eigenvalue weighted by atomic mass is 32.2. The summed E-state index contributed by atoms with van der Waals surface area (Å²) in [7, 11) is -2.27. The Balaban J connectivity index is 2.12. The van der Waals surface area contributed by atoms with E-state index in [2.05, 4.69) is 4.72 Å². The van der Waals surface area contributed by atoms with Crippen LogP contribution in [0.1, 0.15) is 17.3 Å². The van der Waals surface area contributed by atoms with Crippen LogP contribution in [0.2, 0.25) is 0 Å². The second-order valence-electron chi connectivity index (χ2n) is 5.26. The molecule has 144 valence electrons. The number of hydrogen-bond donors (Lipinski definition) is 1. The van der Waals surface area contributed by atoms with Crippen molar-refractivity contribution in [1.82, 2.24) is 0 Å². The van der Waals surface area contributed by atoms with Crippen LogP contribution in [0.3, 0.4) is 0 Å². The highest BCUT2D eigenvalue weighted by Gasteiger charge is 2.17. The molecule has 0 aromatic heterocycles. The third kappa shape index (κ3) is 6.53. The quantitative estimate of drug-likeness (QED) is 0.479. The van der Waals surface area contributed by atoms with Gasteiger partial charge in [0, 0.05) is 11.3 Å². The molecule has 2 aromatic rings. The van der Waals surface area contributed by atoms with E-state index in [4.69, 9.17) is 17.0 Å². The molecule has 9 heteroatoms. The van der Waals surface area contributed by atoms with Gasteiger partial charge in [0.15, 0.2) is 5.78 Å². The Hall–Kier alpha value is -1.55. The van der Waals surface area contributed by atoms with Crippen LogP contribution in [0.5, 0.6) is 5.75 Å². The number of nitrogens with one attached hydrogen (secondary N) is 1. The van der Waals surface area contributed by atoms with Crippen molar-refractivity contribution in [2.24, 2.45) is 0 Å². The molecule has 0 fully saturated rings. The summed E-state index contributed by atoms with van der Waals surface area (Å²) in [5, 5.41) is 0. The lowest BCUT2D eigenvalue weighted by atomic mass is 10.1. The Morgan fingerprint density at radius 1 is 1.15 bits per heavy atom. The van der Waals surface area contributed by atoms with E-state index in [1.165, 1.54) is 42.8 Å². The van der Waals surface area contributed by atoms with E-state index >= 15 is 0 Å². The summed E-state index contributed by atoms with van der Waals surface area (Å²) in [4.78, 5) is 12.4. The van der Waals surface area contributed by atoms with Crippen LogP contribution in [0.25, 0.3) is 0 Å². The maximum absolute atomic E-state index is 12.6. The predicted octanol–water partition coefficient (Wildman–Crippen LogP) is 4.45. The Kier molecular flexibility index (Phi) is 8.15. The molecule has 2 aromatic carbocycles. The van der Waals surface area contributed by atoms with Crippen LogP contribution >= 0.6 is 35.7 Å². The molecule has 0 spiro atoms. The van der Waals surface area contributed by atoms with Gasteiger partial charge in [-0.25, -0.2) is 8.42 Å². The average Bonchev–Trinajstić information content (AvgIpc) is 2.67. The topological polar surface area (TPSA) is 72.5 Å². The zero-order valence-electron chi connectivity index (χ0n) is 14.8. The van der Waals surface area contributed by atoms with Crippen molar-refractivity contribution in [1.29, 1.82) is 0 Å². The molecule has 5 nitrogen and oxygen atoms in total. The van der Waals surface area contributed by atoms with Gasteiger partial charge in [0.2, 0.25) is 0 Å². The lowest BCUT2D eigenvalue weighted by Gasteiger charge is -2.10. The Morgan fingerprint density at radius 2 is 1.85 bits per heavy atom. The van der Waals surface area contributed by atoms with Gasteiger partial charge in [-0.1, -0.05) is 43.0 Å². The van der Waals surface area contributed by atoms with Gasteiger partial charge in [-0.15, -0.1) is 11.8 Å². The van der Waals surface area contributed by atoms with E-state index in [9.17, 15) is 13.2 Å². The van der Waals surface area contributed by atoms with Crippen LogP contribution in [-0.2, 0) is 10.0 Å². The summed E-state index contributed by atoms with van der Waals surface area (Å²) in [5.74, 6) is 1.49. The van der Waals surface area contributed by atoms with E-state index in [1.54, 1.807) is 36.4 Å². The third-order valence-corrected chi connectivity index (χ3v) is 7.35. The maximum Gasteiger partial charge on any atom is 0.261 e. The number of benzene rings is 2. The Morgan fingerprint density at radius 3 is 2.48 bits per heavy atom. The molecular formula is C18H19NO4S4. The van der Waals surface area contributed by atoms with Crippen LogP contribution in [-0.4, -0.2) is 36.3 Å². The van der Waals surface area contributed by atoms with E-state index in [0.717, 1.165) is 5.75 Å². The molecule has 0 heterocycles. The summed E-state index contributed by atoms with van der Waals surface area (Å²) in [6, 6.07) is 12.5. The van der Waals surface area contributed by atoms with Crippen molar-refractivity contribution < 1.29 is 17.9 Å². The lowest BCUT2D eigenvalue weighted by molar-refractivity contribution is 0.102. The van der Waals surface area contributed by atoms with Crippen molar-refractivity contribution in [3.8, 4) is 5.75 Å². The molecule has 0 aliphatic carbocycles. The maximum atomic E-state index is 12.6. The number of anilines is 1. The number of ether oxygens (including phenoxy) is 1. The van der Waals surface area contributed by atoms with Gasteiger partial charge < -0.3 is 4.74 Å². The fourth-order valence-electron chi connectivity index (χ4n) is 2.08. The van der Waals surface area contributed by atoms with Crippen LogP contribution in [0.15, 0.2) is 53.4 Å². The van der Waals surface area contributed by atoms with E-state index < -0.39 is 10.0 Å². The molecule has 0 atom stereocenters. The number of ketones is 1. The third-order valence-electron chi connectivity index (χ3n) is 3.39. The number of Topliss-reactive ketones (excluding diaryl/α,β-unsaturated/α-hetero) is 1. The van der Waals surface area contributed by atoms with Crippen LogP contribution in [0.4, 0.5) is 5.69 Å². The minimum Gasteiger partial charge on any atom is -0.497 e. The molecule has 1 N–H and O–H groups in total. The molecule has 0 aliphatic heterocycles. The van der Waals surface area contributed by atoms with Crippen LogP contribution < -0.4 is 9.46 Å². The van der Waals surface area contributed by atoms with E-state index in [-0.39, 0.29) is 16.4 Å². The minimum absolute atomic E-state index is 0.0275. The van der Waals surface area contributed by atoms with Gasteiger partial charge in [-0.2, -0.15) is 0 Å². The van der Waals surface area contributed by atoms with Crippen molar-refractivity contribution in [3.05, 3.63) is 54.1 Å². The summed E-state index contributed by atoms with van der Waals surface area (Å²) in [6.07, 6.45) is 0. The average molecular weight is 442 g/mol. The van der Waals surface area contributed by atoms with E-state index in [1.807, 2.05) is 6.92 Å². The van der Waals surface area contributed by atoms with Gasteiger partial charge >= 0.3 is 0 Å². The van der Waals surface area contributed by atoms with Crippen molar-refractivity contribution >= 4 is 60.8 Å². The summed E-state index contributed by atoms with van der Waals surface area (Å²) >= 11 is 7.95. The normalized spacial score (nSPS) is 11.0. The number of rotatable bonds is 8. The fraction of sp³-hybridized carbons (Fsp3) is 0.222. The highest BCUT2D eigenvalue weighted by molar-refractivity contribution is 8.47. The predicted molar refractivity (Wildman–Crippen MR) is 118 cm³/mol. The van der Waals surface area contributed by atoms with Crippen molar-refractivity contribution in [2.75, 3.05) is 23.3 Å². The largest absolute Gasteiger partial charge is 0.497 e. The second kappa shape index (κ2) is 10.1. The summed E-state index contributed by atoms with van der Waals surface area (Å²) in [6.45, 7) is 1.99. The Bertz CT molecular complexity index is 911. The van der Waals surface area contributed by atoms with E-state index in [0.29, 0.717) is 20.5 Å². The summed E-state index contributed by atoms with van der Waals surface area (Å²) in [5.41, 5.74) is 0.745. The Labute approximate surface area is 173 Å². The molecule has 0 saturated carbocycles. The first-order chi connectivity index (χ1) is 12.9. The van der Waals surface area contributed by atoms with Gasteiger partial charge in [-0.3, -0.25) is 9.52 Å². The minimum atomic E-state index is -3.81. The van der Waals surface area contributed by atoms with Gasteiger partial charge in [0.25, 0.3) is 10.0 Å². The molecule has 0 unspecified atom stereocenters. The molecular weight excluding hydrogens is 422 g/mol. The zero-order chi connectivity index (χ0) is 19.9. The number of carbonyl (C=O) groups is 1. The molecule has 0 amide bonds. The molecule has 2 rings (SSSR count). The number of thioether (sulfide) groups is 2. The van der Waals surface area contributed by atoms with Crippen LogP contribution in [0, 0.1) is 0 Å². The number of sulfonamides is 1. The van der Waals surface area contributed by atoms with Gasteiger partial charge in [0.1, 0.15) is 9.28 Å². The highest BCUT2D eigenvalue weighted by Crippen LogP contribution is 2.22. The monoisotopic (exact) mass is 441 g/mol. The molecule has 0 saturated heterocycles. The second-order valence-corrected chi connectivity index (χ2v) is 10.4. The fourth-order valence-corrected chi connectivity index (χ4v) is 5.23. The molecule has 0 aliphatic rings. The molecule has 0 bridgehead atoms. The van der Waals surface area contributed by atoms with Gasteiger partial charge in [-0.05, 0) is 42.2 Å². The number of thiocarbonyl (C=S) groups is 1. The first-order valence-corrected chi connectivity index (χ1v) is 11.8. The first kappa shape index (κ1) is 21.7. The number of methoxy groups -OCH3 is 1. The first-order valence-electron chi connectivity index (χ1n) is 7.95. The molecule has 27 heavy (non-hydrogen) atoms. The SMILES string of the molecule is CCSC(=S)SCC(=O)c1cccc(S(=O)(=O)Nc2ccc(OC)cc2)c1. The number of carbonyl (C=O) groups excluding carboxylic acids is 1. The van der Waals surface area contributed by atoms with Crippen molar-refractivity contribution in [2.45, 2.75) is 11.8 Å².